The number of aliphatic hydroxyl groups excluding tert-OH is 1. The Kier molecular flexibility index (Phi) is 6.94. The van der Waals surface area contributed by atoms with E-state index in [0.717, 1.165) is 0 Å². The first kappa shape index (κ1) is 18.9. The van der Waals surface area contributed by atoms with Gasteiger partial charge >= 0.3 is 6.03 Å². The average Bonchev–Trinajstić information content (AvgIpc) is 3.04. The Morgan fingerprint density at radius 1 is 1.32 bits per heavy atom. The zero-order valence-electron chi connectivity index (χ0n) is 14.5. The predicted octanol–water partition coefficient (Wildman–Crippen LogP) is 2.73. The Morgan fingerprint density at radius 2 is 2.04 bits per heavy atom. The summed E-state index contributed by atoms with van der Waals surface area (Å²) in [5, 5.41) is 14.6. The normalized spacial score (nSPS) is 12.2. The van der Waals surface area contributed by atoms with Gasteiger partial charge in [0.1, 0.15) is 12.1 Å². The molecule has 2 aromatic rings. The van der Waals surface area contributed by atoms with Crippen LogP contribution in [0.5, 0.6) is 0 Å². The van der Waals surface area contributed by atoms with Crippen LogP contribution in [0.4, 0.5) is 9.18 Å². The van der Waals surface area contributed by atoms with E-state index >= 15 is 0 Å². The van der Waals surface area contributed by atoms with Gasteiger partial charge in [0, 0.05) is 31.2 Å². The molecule has 1 heterocycles. The third kappa shape index (κ3) is 5.86. The Labute approximate surface area is 146 Å². The minimum absolute atomic E-state index is 0.0359. The predicted molar refractivity (Wildman–Crippen MR) is 92.5 cm³/mol. The molecule has 0 fully saturated rings. The molecule has 0 radical (unpaired) electrons. The van der Waals surface area contributed by atoms with Crippen molar-refractivity contribution in [3.8, 4) is 11.5 Å². The lowest BCUT2D eigenvalue weighted by molar-refractivity contribution is 0.219. The number of nitrogens with zero attached hydrogens (tertiary/aromatic N) is 1. The van der Waals surface area contributed by atoms with Gasteiger partial charge in [0.05, 0.1) is 5.69 Å². The Morgan fingerprint density at radius 3 is 2.68 bits per heavy atom. The van der Waals surface area contributed by atoms with Gasteiger partial charge in [-0.15, -0.1) is 0 Å². The first-order chi connectivity index (χ1) is 12.0. The summed E-state index contributed by atoms with van der Waals surface area (Å²) < 4.78 is 18.3. The molecule has 1 unspecified atom stereocenters. The van der Waals surface area contributed by atoms with Crippen molar-refractivity contribution in [3.05, 3.63) is 42.0 Å². The summed E-state index contributed by atoms with van der Waals surface area (Å²) in [6.07, 6.45) is 2.57. The first-order valence-corrected chi connectivity index (χ1v) is 8.35. The van der Waals surface area contributed by atoms with Crippen LogP contribution in [0.3, 0.4) is 0 Å². The minimum atomic E-state index is -0.313. The highest BCUT2D eigenvalue weighted by Gasteiger charge is 2.15. The molecule has 0 saturated heterocycles. The smallest absolute Gasteiger partial charge is 0.315 e. The van der Waals surface area contributed by atoms with Gasteiger partial charge in [0.25, 0.3) is 0 Å². The highest BCUT2D eigenvalue weighted by atomic mass is 19.1. The van der Waals surface area contributed by atoms with E-state index in [0.29, 0.717) is 36.5 Å². The van der Waals surface area contributed by atoms with Crippen molar-refractivity contribution in [2.75, 3.05) is 13.2 Å². The lowest BCUT2D eigenvalue weighted by Gasteiger charge is -2.21. The molecule has 7 heteroatoms. The van der Waals surface area contributed by atoms with Crippen molar-refractivity contribution in [1.29, 1.82) is 0 Å². The zero-order valence-corrected chi connectivity index (χ0v) is 14.5. The van der Waals surface area contributed by atoms with E-state index in [1.807, 2.05) is 13.8 Å². The molecule has 3 N–H and O–H groups in total. The highest BCUT2D eigenvalue weighted by molar-refractivity contribution is 5.74. The molecule has 2 rings (SSSR count). The van der Waals surface area contributed by atoms with Crippen LogP contribution in [0.15, 0.2) is 34.9 Å². The number of oxazole rings is 1. The standard InChI is InChI=1S/C18H24FN3O3/c1-12(2)16(8-10-23)22-18(24)20-9-7-15-11-25-17(21-15)13-3-5-14(19)6-4-13/h3-6,11-12,16,23H,7-10H2,1-2H3,(H2,20,22,24). The van der Waals surface area contributed by atoms with Crippen molar-refractivity contribution < 1.29 is 18.7 Å². The number of carbonyl (C=O) groups excluding carboxylic acids is 1. The van der Waals surface area contributed by atoms with E-state index in [9.17, 15) is 9.18 Å². The number of aromatic nitrogens is 1. The van der Waals surface area contributed by atoms with Crippen LogP contribution in [0.25, 0.3) is 11.5 Å². The van der Waals surface area contributed by atoms with Gasteiger partial charge < -0.3 is 20.2 Å². The Hall–Kier alpha value is -2.41. The Balaban J connectivity index is 1.80. The van der Waals surface area contributed by atoms with Crippen LogP contribution in [0, 0.1) is 11.7 Å². The molecule has 0 aliphatic rings. The lowest BCUT2D eigenvalue weighted by Crippen LogP contribution is -2.45. The molecule has 0 aliphatic heterocycles. The topological polar surface area (TPSA) is 87.4 Å². The molecular formula is C18H24FN3O3. The molecule has 1 aromatic carbocycles. The van der Waals surface area contributed by atoms with Gasteiger partial charge in [-0.2, -0.15) is 0 Å². The highest BCUT2D eigenvalue weighted by Crippen LogP contribution is 2.18. The van der Waals surface area contributed by atoms with Gasteiger partial charge in [0.2, 0.25) is 5.89 Å². The molecule has 6 nitrogen and oxygen atoms in total. The van der Waals surface area contributed by atoms with Gasteiger partial charge in [0.15, 0.2) is 0 Å². The van der Waals surface area contributed by atoms with E-state index in [1.54, 1.807) is 12.1 Å². The largest absolute Gasteiger partial charge is 0.444 e. The monoisotopic (exact) mass is 349 g/mol. The van der Waals surface area contributed by atoms with E-state index in [1.165, 1.54) is 18.4 Å². The van der Waals surface area contributed by atoms with Crippen LogP contribution in [-0.4, -0.2) is 35.3 Å². The summed E-state index contributed by atoms with van der Waals surface area (Å²) >= 11 is 0. The molecule has 136 valence electrons. The number of rotatable bonds is 8. The van der Waals surface area contributed by atoms with Gasteiger partial charge in [-0.3, -0.25) is 0 Å². The number of benzene rings is 1. The third-order valence-corrected chi connectivity index (χ3v) is 3.87. The van der Waals surface area contributed by atoms with Gasteiger partial charge in [-0.25, -0.2) is 14.2 Å². The molecule has 25 heavy (non-hydrogen) atoms. The average molecular weight is 349 g/mol. The third-order valence-electron chi connectivity index (χ3n) is 3.87. The minimum Gasteiger partial charge on any atom is -0.444 e. The van der Waals surface area contributed by atoms with E-state index in [2.05, 4.69) is 15.6 Å². The molecule has 0 bridgehead atoms. The molecule has 0 spiro atoms. The number of carbonyl (C=O) groups is 1. The van der Waals surface area contributed by atoms with Crippen LogP contribution in [-0.2, 0) is 6.42 Å². The van der Waals surface area contributed by atoms with E-state index in [4.69, 9.17) is 9.52 Å². The SMILES string of the molecule is CC(C)C(CCO)NC(=O)NCCc1coc(-c2ccc(F)cc2)n1. The van der Waals surface area contributed by atoms with Crippen molar-refractivity contribution >= 4 is 6.03 Å². The number of halogens is 1. The zero-order chi connectivity index (χ0) is 18.2. The second kappa shape index (κ2) is 9.17. The number of hydrogen-bond acceptors (Lipinski definition) is 4. The molecule has 1 atom stereocenters. The number of hydrogen-bond donors (Lipinski definition) is 3. The summed E-state index contributed by atoms with van der Waals surface area (Å²) in [5.41, 5.74) is 1.40. The summed E-state index contributed by atoms with van der Waals surface area (Å²) in [4.78, 5) is 16.2. The van der Waals surface area contributed by atoms with Crippen molar-refractivity contribution in [1.82, 2.24) is 15.6 Å². The first-order valence-electron chi connectivity index (χ1n) is 8.35. The van der Waals surface area contributed by atoms with Crippen molar-refractivity contribution in [3.63, 3.8) is 0 Å². The maximum absolute atomic E-state index is 12.9. The lowest BCUT2D eigenvalue weighted by atomic mass is 10.0. The fraction of sp³-hybridized carbons (Fsp3) is 0.444. The maximum Gasteiger partial charge on any atom is 0.315 e. The number of aliphatic hydroxyl groups is 1. The number of urea groups is 1. The molecule has 2 amide bonds. The van der Waals surface area contributed by atoms with Gasteiger partial charge in [-0.1, -0.05) is 13.8 Å². The molecule has 0 saturated carbocycles. The molecule has 0 aliphatic carbocycles. The summed E-state index contributed by atoms with van der Waals surface area (Å²) in [6.45, 7) is 4.43. The van der Waals surface area contributed by atoms with Crippen LogP contribution in [0.2, 0.25) is 0 Å². The van der Waals surface area contributed by atoms with E-state index in [-0.39, 0.29) is 30.4 Å². The molecule has 1 aromatic heterocycles. The quantitative estimate of drug-likeness (QED) is 0.684. The molecular weight excluding hydrogens is 325 g/mol. The number of nitrogens with one attached hydrogen (secondary N) is 2. The van der Waals surface area contributed by atoms with Crippen LogP contribution < -0.4 is 10.6 Å². The second-order valence-corrected chi connectivity index (χ2v) is 6.16. The Bertz CT molecular complexity index is 670. The second-order valence-electron chi connectivity index (χ2n) is 6.16. The van der Waals surface area contributed by atoms with Gasteiger partial charge in [-0.05, 0) is 36.6 Å². The fourth-order valence-corrected chi connectivity index (χ4v) is 2.38. The summed E-state index contributed by atoms with van der Waals surface area (Å²) in [6, 6.07) is 5.57. The van der Waals surface area contributed by atoms with Crippen LogP contribution >= 0.6 is 0 Å². The summed E-state index contributed by atoms with van der Waals surface area (Å²) in [5.74, 6) is 0.348. The van der Waals surface area contributed by atoms with Crippen molar-refractivity contribution in [2.45, 2.75) is 32.7 Å². The maximum atomic E-state index is 12.9. The van der Waals surface area contributed by atoms with E-state index < -0.39 is 0 Å². The fourth-order valence-electron chi connectivity index (χ4n) is 2.38. The van der Waals surface area contributed by atoms with Crippen molar-refractivity contribution in [2.24, 2.45) is 5.92 Å². The van der Waals surface area contributed by atoms with Crippen LogP contribution in [0.1, 0.15) is 26.0 Å². The number of amides is 2. The summed E-state index contributed by atoms with van der Waals surface area (Å²) in [7, 11) is 0.